The van der Waals surface area contributed by atoms with Gasteiger partial charge in [0.15, 0.2) is 6.29 Å². The summed E-state index contributed by atoms with van der Waals surface area (Å²) >= 11 is 0. The van der Waals surface area contributed by atoms with Crippen molar-refractivity contribution < 1.29 is 27.5 Å². The monoisotopic (exact) mass is 351 g/mol. The van der Waals surface area contributed by atoms with Crippen LogP contribution < -0.4 is 0 Å². The molecule has 0 rings (SSSR count). The van der Waals surface area contributed by atoms with E-state index in [1.807, 2.05) is 27.7 Å². The zero-order chi connectivity index (χ0) is 17.4. The summed E-state index contributed by atoms with van der Waals surface area (Å²) in [5, 5.41) is 0. The predicted molar refractivity (Wildman–Crippen MR) is 92.2 cm³/mol. The fraction of sp³-hybridized carbons (Fsp3) is 0.938. The number of hydrogen-bond donors (Lipinski definition) is 0. The van der Waals surface area contributed by atoms with Crippen LogP contribution in [0.3, 0.4) is 0 Å². The van der Waals surface area contributed by atoms with Crippen molar-refractivity contribution >= 4 is 8.80 Å². The Morgan fingerprint density at radius 3 is 2.00 bits per heavy atom. The van der Waals surface area contributed by atoms with Gasteiger partial charge in [0.05, 0.1) is 6.61 Å². The van der Waals surface area contributed by atoms with Crippen molar-refractivity contribution in [2.24, 2.45) is 0 Å². The lowest BCUT2D eigenvalue weighted by atomic mass is 10.3. The van der Waals surface area contributed by atoms with E-state index in [4.69, 9.17) is 27.5 Å². The summed E-state index contributed by atoms with van der Waals surface area (Å²) in [5.41, 5.74) is 0. The fourth-order valence-electron chi connectivity index (χ4n) is 2.17. The molecule has 7 heteroatoms. The van der Waals surface area contributed by atoms with E-state index < -0.39 is 8.80 Å². The first-order valence-corrected chi connectivity index (χ1v) is 10.6. The molecule has 139 valence electrons. The van der Waals surface area contributed by atoms with E-state index in [1.165, 1.54) is 0 Å². The number of ether oxygens (including phenoxy) is 3. The molecule has 0 N–H and O–H groups in total. The van der Waals surface area contributed by atoms with E-state index in [0.29, 0.717) is 39.6 Å². The molecule has 0 aliphatic carbocycles. The summed E-state index contributed by atoms with van der Waals surface area (Å²) in [7, 11) is -0.881. The average Bonchev–Trinajstić information content (AvgIpc) is 2.53. The van der Waals surface area contributed by atoms with Crippen LogP contribution in [0, 0.1) is 6.42 Å². The van der Waals surface area contributed by atoms with Crippen LogP contribution in [0.2, 0.25) is 6.04 Å². The zero-order valence-corrected chi connectivity index (χ0v) is 16.5. The van der Waals surface area contributed by atoms with Gasteiger partial charge in [0.1, 0.15) is 0 Å². The molecule has 0 heterocycles. The standard InChI is InChI=1S/C16H35O6Si/c1-6-19-16(17-5)15-18-13-11-10-12-14-23(20-7-2,21-8-3)22-9-4/h11,16H,6-10,12-15H2,1-5H3. The molecule has 1 atom stereocenters. The molecule has 0 fully saturated rings. The second kappa shape index (κ2) is 15.5. The second-order valence-corrected chi connectivity index (χ2v) is 7.55. The minimum atomic E-state index is -2.50. The summed E-state index contributed by atoms with van der Waals surface area (Å²) in [6.45, 7) is 11.4. The molecule has 0 aromatic heterocycles. The zero-order valence-electron chi connectivity index (χ0n) is 15.5. The van der Waals surface area contributed by atoms with Crippen LogP contribution in [0.4, 0.5) is 0 Å². The highest BCUT2D eigenvalue weighted by molar-refractivity contribution is 6.60. The maximum atomic E-state index is 5.83. The Bertz CT molecular complexity index is 238. The molecule has 0 saturated carbocycles. The number of methoxy groups -OCH3 is 1. The molecule has 0 spiro atoms. The van der Waals surface area contributed by atoms with Gasteiger partial charge in [-0.15, -0.1) is 0 Å². The summed E-state index contributed by atoms with van der Waals surface area (Å²) in [4.78, 5) is 0. The van der Waals surface area contributed by atoms with Gasteiger partial charge in [0, 0.05) is 46.2 Å². The smallest absolute Gasteiger partial charge is 0.376 e. The average molecular weight is 352 g/mol. The molecule has 0 aliphatic heterocycles. The first kappa shape index (κ1) is 23.0. The number of unbranched alkanes of at least 4 members (excludes halogenated alkanes) is 2. The molecule has 1 radical (unpaired) electrons. The molecular formula is C16H35O6Si. The van der Waals surface area contributed by atoms with Crippen LogP contribution in [0.15, 0.2) is 0 Å². The molecule has 0 aliphatic rings. The molecular weight excluding hydrogens is 316 g/mol. The van der Waals surface area contributed by atoms with Crippen molar-refractivity contribution in [2.45, 2.75) is 52.9 Å². The summed E-state index contributed by atoms with van der Waals surface area (Å²) in [6, 6.07) is 0.832. The third-order valence-electron chi connectivity index (χ3n) is 3.09. The molecule has 0 aromatic carbocycles. The summed E-state index contributed by atoms with van der Waals surface area (Å²) < 4.78 is 33.5. The lowest BCUT2D eigenvalue weighted by molar-refractivity contribution is -0.152. The van der Waals surface area contributed by atoms with E-state index in [1.54, 1.807) is 7.11 Å². The van der Waals surface area contributed by atoms with Gasteiger partial charge in [0.25, 0.3) is 0 Å². The Morgan fingerprint density at radius 2 is 1.52 bits per heavy atom. The Hall–Kier alpha value is -0.0231. The maximum absolute atomic E-state index is 5.83. The van der Waals surface area contributed by atoms with E-state index in [2.05, 4.69) is 6.42 Å². The minimum absolute atomic E-state index is 0.290. The van der Waals surface area contributed by atoms with Gasteiger partial charge in [-0.2, -0.15) is 0 Å². The van der Waals surface area contributed by atoms with Crippen molar-refractivity contribution in [2.75, 3.05) is 46.8 Å². The van der Waals surface area contributed by atoms with E-state index >= 15 is 0 Å². The largest absolute Gasteiger partial charge is 0.500 e. The van der Waals surface area contributed by atoms with Gasteiger partial charge in [-0.3, -0.25) is 0 Å². The summed E-state index contributed by atoms with van der Waals surface area (Å²) in [5.74, 6) is 0. The van der Waals surface area contributed by atoms with Crippen LogP contribution in [-0.2, 0) is 27.5 Å². The minimum Gasteiger partial charge on any atom is -0.376 e. The molecule has 0 saturated heterocycles. The van der Waals surface area contributed by atoms with Crippen molar-refractivity contribution in [3.8, 4) is 0 Å². The maximum Gasteiger partial charge on any atom is 0.500 e. The van der Waals surface area contributed by atoms with E-state index in [-0.39, 0.29) is 6.29 Å². The lowest BCUT2D eigenvalue weighted by Gasteiger charge is -2.28. The fourth-order valence-corrected chi connectivity index (χ4v) is 4.80. The molecule has 0 aromatic rings. The molecule has 1 unspecified atom stereocenters. The first-order valence-electron chi connectivity index (χ1n) is 8.63. The van der Waals surface area contributed by atoms with Crippen molar-refractivity contribution in [3.63, 3.8) is 0 Å². The third kappa shape index (κ3) is 11.2. The van der Waals surface area contributed by atoms with Gasteiger partial charge >= 0.3 is 8.80 Å². The van der Waals surface area contributed by atoms with Crippen molar-refractivity contribution in [1.29, 1.82) is 0 Å². The van der Waals surface area contributed by atoms with Gasteiger partial charge in [0.2, 0.25) is 0 Å². The van der Waals surface area contributed by atoms with Gasteiger partial charge in [-0.25, -0.2) is 0 Å². The normalized spacial score (nSPS) is 13.4. The SMILES string of the molecule is CCOC(COC[CH]CCC[Si](OCC)(OCC)OCC)OC. The van der Waals surface area contributed by atoms with Gasteiger partial charge in [-0.1, -0.05) is 0 Å². The highest BCUT2D eigenvalue weighted by Gasteiger charge is 2.39. The molecule has 0 amide bonds. The highest BCUT2D eigenvalue weighted by Crippen LogP contribution is 2.19. The predicted octanol–water partition coefficient (Wildman–Crippen LogP) is 3.04. The highest BCUT2D eigenvalue weighted by atomic mass is 28.4. The van der Waals surface area contributed by atoms with Crippen LogP contribution in [0.1, 0.15) is 40.5 Å². The van der Waals surface area contributed by atoms with Gasteiger partial charge in [-0.05, 0) is 47.0 Å². The number of rotatable bonds is 17. The Morgan fingerprint density at radius 1 is 0.913 bits per heavy atom. The number of hydrogen-bond acceptors (Lipinski definition) is 6. The first-order chi connectivity index (χ1) is 11.2. The topological polar surface area (TPSA) is 55.4 Å². The Labute approximate surface area is 143 Å². The van der Waals surface area contributed by atoms with E-state index in [0.717, 1.165) is 18.9 Å². The van der Waals surface area contributed by atoms with Crippen LogP contribution in [-0.4, -0.2) is 61.8 Å². The summed E-state index contributed by atoms with van der Waals surface area (Å²) in [6.07, 6.45) is 3.73. The van der Waals surface area contributed by atoms with Gasteiger partial charge < -0.3 is 27.5 Å². The molecule has 0 bridgehead atoms. The Balaban J connectivity index is 3.88. The second-order valence-electron chi connectivity index (χ2n) is 4.82. The Kier molecular flexibility index (Phi) is 15.5. The third-order valence-corrected chi connectivity index (χ3v) is 6.24. The molecule has 23 heavy (non-hydrogen) atoms. The van der Waals surface area contributed by atoms with Crippen LogP contribution in [0.5, 0.6) is 0 Å². The van der Waals surface area contributed by atoms with Crippen molar-refractivity contribution in [3.05, 3.63) is 6.42 Å². The van der Waals surface area contributed by atoms with Crippen LogP contribution in [0.25, 0.3) is 0 Å². The van der Waals surface area contributed by atoms with Crippen LogP contribution >= 0.6 is 0 Å². The quantitative estimate of drug-likeness (QED) is 0.228. The lowest BCUT2D eigenvalue weighted by Crippen LogP contribution is -2.45. The van der Waals surface area contributed by atoms with E-state index in [9.17, 15) is 0 Å². The van der Waals surface area contributed by atoms with Crippen molar-refractivity contribution in [1.82, 2.24) is 0 Å². The molecule has 6 nitrogen and oxygen atoms in total.